The minimum Gasteiger partial charge on any atom is -0.346 e. The topological polar surface area (TPSA) is 110 Å². The van der Waals surface area contributed by atoms with Crippen LogP contribution in [0.4, 0.5) is 22.7 Å². The van der Waals surface area contributed by atoms with Crippen molar-refractivity contribution in [3.05, 3.63) is 73.8 Å². The molecule has 0 fully saturated rings. The molecule has 0 radical (unpaired) electrons. The first-order chi connectivity index (χ1) is 14.7. The van der Waals surface area contributed by atoms with Crippen molar-refractivity contribution in [1.82, 2.24) is 19.9 Å². The molecule has 8 nitrogen and oxygen atoms in total. The Balaban J connectivity index is 1.79. The van der Waals surface area contributed by atoms with Gasteiger partial charge in [-0.1, -0.05) is 9.13 Å². The van der Waals surface area contributed by atoms with Crippen LogP contribution in [0.5, 0.6) is 0 Å². The van der Waals surface area contributed by atoms with E-state index in [1.54, 1.807) is 73.8 Å². The van der Waals surface area contributed by atoms with E-state index in [1.165, 1.54) is 0 Å². The highest BCUT2D eigenvalue weighted by Gasteiger charge is 2.35. The molecule has 4 aromatic rings. The van der Waals surface area contributed by atoms with Crippen LogP contribution < -0.4 is 31.9 Å². The molecule has 0 saturated carbocycles. The van der Waals surface area contributed by atoms with Crippen molar-refractivity contribution in [3.8, 4) is 0 Å². The quantitative estimate of drug-likeness (QED) is 0.360. The lowest BCUT2D eigenvalue weighted by atomic mass is 10.3. The Labute approximate surface area is 173 Å². The molecule has 0 spiro atoms. The predicted octanol–water partition coefficient (Wildman–Crippen LogP) is 2.62. The third kappa shape index (κ3) is 3.22. The molecule has 10 heteroatoms. The van der Waals surface area contributed by atoms with E-state index >= 15 is 0 Å². The van der Waals surface area contributed by atoms with Crippen molar-refractivity contribution < 1.29 is 9.13 Å². The van der Waals surface area contributed by atoms with Gasteiger partial charge in [-0.2, -0.15) is 0 Å². The number of hydrogen-bond donors (Lipinski definition) is 2. The van der Waals surface area contributed by atoms with Gasteiger partial charge >= 0.3 is 15.6 Å². The molecule has 0 bridgehead atoms. The summed E-state index contributed by atoms with van der Waals surface area (Å²) < 4.78 is 27.1. The smallest absolute Gasteiger partial charge is 0.346 e. The first kappa shape index (κ1) is 18.4. The van der Waals surface area contributed by atoms with Crippen molar-refractivity contribution in [2.75, 3.05) is 10.6 Å². The van der Waals surface area contributed by atoms with E-state index in [0.29, 0.717) is 44.0 Å². The van der Waals surface area contributed by atoms with E-state index in [4.69, 9.17) is 0 Å². The zero-order valence-electron chi connectivity index (χ0n) is 15.4. The van der Waals surface area contributed by atoms with E-state index in [9.17, 15) is 9.13 Å². The van der Waals surface area contributed by atoms with Gasteiger partial charge in [0, 0.05) is 49.1 Å². The van der Waals surface area contributed by atoms with Gasteiger partial charge in [0.25, 0.3) is 0 Å². The second kappa shape index (κ2) is 7.67. The Kier molecular flexibility index (Phi) is 4.71. The van der Waals surface area contributed by atoms with Crippen LogP contribution >= 0.6 is 15.6 Å². The molecule has 0 unspecified atom stereocenters. The van der Waals surface area contributed by atoms with Crippen LogP contribution in [0.3, 0.4) is 0 Å². The maximum atomic E-state index is 13.6. The number of nitrogens with zero attached hydrogens (tertiary/aromatic N) is 4. The average molecular weight is 432 g/mol. The predicted molar refractivity (Wildman–Crippen MR) is 117 cm³/mol. The summed E-state index contributed by atoms with van der Waals surface area (Å²) in [6.07, 6.45) is 12.8. The first-order valence-electron chi connectivity index (χ1n) is 8.97. The van der Waals surface area contributed by atoms with Crippen molar-refractivity contribution in [2.24, 2.45) is 0 Å². The molecule has 1 aliphatic rings. The van der Waals surface area contributed by atoms with Crippen LogP contribution in [0.25, 0.3) is 0 Å². The minimum absolute atomic E-state index is 0.564. The molecular formula is C20H14N6O2P2+2. The van der Waals surface area contributed by atoms with Gasteiger partial charge in [-0.05, 0) is 0 Å². The van der Waals surface area contributed by atoms with Crippen LogP contribution in [0.15, 0.2) is 73.8 Å². The molecule has 30 heavy (non-hydrogen) atoms. The highest BCUT2D eigenvalue weighted by Crippen LogP contribution is 2.33. The zero-order valence-corrected chi connectivity index (χ0v) is 17.2. The lowest BCUT2D eigenvalue weighted by molar-refractivity contribution is 0.597. The number of pyridine rings is 4. The van der Waals surface area contributed by atoms with Crippen LogP contribution in [-0.2, 0) is 9.13 Å². The van der Waals surface area contributed by atoms with Gasteiger partial charge in [0.1, 0.15) is 22.7 Å². The summed E-state index contributed by atoms with van der Waals surface area (Å²) >= 11 is 0. The Morgan fingerprint density at radius 3 is 1.03 bits per heavy atom. The second-order valence-electron chi connectivity index (χ2n) is 6.41. The van der Waals surface area contributed by atoms with Gasteiger partial charge in [-0.25, -0.2) is 0 Å². The lowest BCUT2D eigenvalue weighted by Crippen LogP contribution is -2.20. The third-order valence-electron chi connectivity index (χ3n) is 4.61. The molecule has 1 aliphatic heterocycles. The number of fused-ring (bicyclic) bond motifs is 4. The van der Waals surface area contributed by atoms with Crippen LogP contribution in [0.2, 0.25) is 0 Å². The number of aromatic nitrogens is 4. The summed E-state index contributed by atoms with van der Waals surface area (Å²) in [6, 6.07) is 6.84. The Morgan fingerprint density at radius 1 is 0.500 bits per heavy atom. The zero-order chi connectivity index (χ0) is 20.5. The summed E-state index contributed by atoms with van der Waals surface area (Å²) in [5, 5.41) is 8.78. The fourth-order valence-electron chi connectivity index (χ4n) is 3.19. The van der Waals surface area contributed by atoms with E-state index < -0.39 is 15.6 Å². The molecular weight excluding hydrogens is 418 g/mol. The standard InChI is InChI=1S/C20H14N6O2P2/c27-29-17-1-5-21-9-13(17)25-15-11-23-7-3-19(15)30(28)20-4-8-24-12-16(20)26-14-10-22-6-2-18(14)29/h1-12,25-26H/q+2. The summed E-state index contributed by atoms with van der Waals surface area (Å²) in [5.74, 6) is 0. The molecule has 0 aromatic carbocycles. The van der Waals surface area contributed by atoms with Crippen LogP contribution in [0.1, 0.15) is 0 Å². The molecule has 5 rings (SSSR count). The van der Waals surface area contributed by atoms with Crippen molar-refractivity contribution in [2.45, 2.75) is 0 Å². The fraction of sp³-hybridized carbons (Fsp3) is 0. The molecule has 0 saturated heterocycles. The number of rotatable bonds is 0. The summed E-state index contributed by atoms with van der Waals surface area (Å²) in [5.41, 5.74) is 2.26. The van der Waals surface area contributed by atoms with E-state index in [1.807, 2.05) is 0 Å². The summed E-state index contributed by atoms with van der Waals surface area (Å²) in [7, 11) is -3.95. The largest absolute Gasteiger partial charge is 0.419 e. The highest BCUT2D eigenvalue weighted by molar-refractivity contribution is 7.62. The van der Waals surface area contributed by atoms with Crippen molar-refractivity contribution >= 4 is 59.6 Å². The van der Waals surface area contributed by atoms with Crippen molar-refractivity contribution in [1.29, 1.82) is 0 Å². The summed E-state index contributed by atoms with van der Waals surface area (Å²) in [4.78, 5) is 16.7. The van der Waals surface area contributed by atoms with E-state index in [0.717, 1.165) is 0 Å². The minimum atomic E-state index is -1.97. The van der Waals surface area contributed by atoms with Gasteiger partial charge in [0.2, 0.25) is 21.2 Å². The maximum absolute atomic E-state index is 13.6. The lowest BCUT2D eigenvalue weighted by Gasteiger charge is -2.10. The van der Waals surface area contributed by atoms with E-state index in [2.05, 4.69) is 30.6 Å². The van der Waals surface area contributed by atoms with Gasteiger partial charge in [0.15, 0.2) is 0 Å². The second-order valence-corrected chi connectivity index (χ2v) is 9.51. The highest BCUT2D eigenvalue weighted by atomic mass is 31.1. The summed E-state index contributed by atoms with van der Waals surface area (Å²) in [6.45, 7) is 0. The molecule has 4 aromatic heterocycles. The molecule has 0 atom stereocenters. The fourth-order valence-corrected chi connectivity index (χ4v) is 5.85. The Morgan fingerprint density at radius 2 is 0.767 bits per heavy atom. The maximum Gasteiger partial charge on any atom is 0.419 e. The SMILES string of the molecule is O=[P+]1c2ccncc2Nc2cnccc2[P+](=O)c2ccncc2Nc2cnccc21. The molecule has 2 N–H and O–H groups in total. The monoisotopic (exact) mass is 432 g/mol. The van der Waals surface area contributed by atoms with Gasteiger partial charge in [0.05, 0.1) is 24.8 Å². The normalized spacial score (nSPS) is 15.1. The molecule has 0 amide bonds. The van der Waals surface area contributed by atoms with Gasteiger partial charge in [-0.3, -0.25) is 19.9 Å². The van der Waals surface area contributed by atoms with Crippen LogP contribution in [-0.4, -0.2) is 19.9 Å². The average Bonchev–Trinajstić information content (AvgIpc) is 2.79. The molecule has 5 heterocycles. The third-order valence-corrected chi connectivity index (χ3v) is 7.92. The Bertz CT molecular complexity index is 1120. The van der Waals surface area contributed by atoms with Crippen LogP contribution in [0, 0.1) is 0 Å². The molecule has 0 aliphatic carbocycles. The number of anilines is 4. The van der Waals surface area contributed by atoms with E-state index in [-0.39, 0.29) is 0 Å². The van der Waals surface area contributed by atoms with Gasteiger partial charge in [-0.15, -0.1) is 0 Å². The van der Waals surface area contributed by atoms with Gasteiger partial charge < -0.3 is 10.6 Å². The molecule has 144 valence electrons. The first-order valence-corrected chi connectivity index (χ1v) is 11.5. The number of nitrogens with one attached hydrogen (secondary N) is 2. The Hall–Kier alpha value is -3.60. The number of hydrogen-bond acceptors (Lipinski definition) is 8. The van der Waals surface area contributed by atoms with Crippen molar-refractivity contribution in [3.63, 3.8) is 0 Å².